The van der Waals surface area contributed by atoms with Gasteiger partial charge in [0.25, 0.3) is 0 Å². The summed E-state index contributed by atoms with van der Waals surface area (Å²) >= 11 is 1.48. The third kappa shape index (κ3) is 4.51. The Morgan fingerprint density at radius 2 is 1.71 bits per heavy atom. The molecule has 5 nitrogen and oxygen atoms in total. The smallest absolute Gasteiger partial charge is 0.335 e. The first-order valence-electron chi connectivity index (χ1n) is 8.09. The van der Waals surface area contributed by atoms with E-state index in [9.17, 15) is 14.7 Å². The summed E-state index contributed by atoms with van der Waals surface area (Å²) in [4.78, 5) is 25.9. The lowest BCUT2D eigenvalue weighted by Crippen LogP contribution is -2.51. The summed E-state index contributed by atoms with van der Waals surface area (Å²) in [5.41, 5.74) is -0.331. The second-order valence-corrected chi connectivity index (χ2v) is 8.33. The van der Waals surface area contributed by atoms with Gasteiger partial charge in [0.2, 0.25) is 5.91 Å². The highest BCUT2D eigenvalue weighted by molar-refractivity contribution is 8.00. The number of aliphatic hydroxyl groups is 1. The van der Waals surface area contributed by atoms with Crippen molar-refractivity contribution in [2.75, 3.05) is 18.8 Å². The number of amides is 1. The van der Waals surface area contributed by atoms with E-state index in [0.29, 0.717) is 5.75 Å². The molecular formula is C18H25NO4S. The Morgan fingerprint density at radius 1 is 1.17 bits per heavy atom. The average Bonchev–Trinajstić information content (AvgIpc) is 2.52. The first-order valence-corrected chi connectivity index (χ1v) is 9.07. The zero-order valence-electron chi connectivity index (χ0n) is 14.4. The van der Waals surface area contributed by atoms with Crippen molar-refractivity contribution in [1.29, 1.82) is 0 Å². The van der Waals surface area contributed by atoms with Crippen LogP contribution in [0.3, 0.4) is 0 Å². The molecule has 0 bridgehead atoms. The maximum Gasteiger partial charge on any atom is 0.335 e. The van der Waals surface area contributed by atoms with E-state index in [2.05, 4.69) is 32.9 Å². The second-order valence-electron chi connectivity index (χ2n) is 7.28. The first kappa shape index (κ1) is 18.8. The highest BCUT2D eigenvalue weighted by Crippen LogP contribution is 2.27. The number of benzene rings is 1. The van der Waals surface area contributed by atoms with Gasteiger partial charge in [0.05, 0.1) is 5.75 Å². The molecule has 0 radical (unpaired) electrons. The SMILES string of the molecule is CC(C)(C)c1ccc(SCC(=O)N2CCC(O)(C(=O)O)CC2)cc1. The number of thioether (sulfide) groups is 1. The minimum Gasteiger partial charge on any atom is -0.479 e. The molecule has 1 fully saturated rings. The molecule has 0 atom stereocenters. The molecule has 0 aromatic heterocycles. The van der Waals surface area contributed by atoms with Crippen LogP contribution in [0, 0.1) is 0 Å². The van der Waals surface area contributed by atoms with E-state index in [1.54, 1.807) is 4.90 Å². The zero-order valence-corrected chi connectivity index (χ0v) is 15.2. The molecule has 1 aliphatic rings. The quantitative estimate of drug-likeness (QED) is 0.815. The average molecular weight is 351 g/mol. The van der Waals surface area contributed by atoms with Crippen LogP contribution in [0.25, 0.3) is 0 Å². The summed E-state index contributed by atoms with van der Waals surface area (Å²) in [6.45, 7) is 7.05. The van der Waals surface area contributed by atoms with Crippen LogP contribution in [0.5, 0.6) is 0 Å². The van der Waals surface area contributed by atoms with E-state index < -0.39 is 11.6 Å². The predicted octanol–water partition coefficient (Wildman–Crippen LogP) is 2.51. The molecule has 0 saturated carbocycles. The van der Waals surface area contributed by atoms with E-state index >= 15 is 0 Å². The Balaban J connectivity index is 1.85. The van der Waals surface area contributed by atoms with Crippen molar-refractivity contribution in [2.45, 2.75) is 49.5 Å². The molecule has 2 rings (SSSR count). The minimum absolute atomic E-state index is 0.0210. The third-order valence-electron chi connectivity index (χ3n) is 4.42. The standard InChI is InChI=1S/C18H25NO4S/c1-17(2,3)13-4-6-14(7-5-13)24-12-15(20)19-10-8-18(23,9-11-19)16(21)22/h4-7,23H,8-12H2,1-3H3,(H,21,22). The Kier molecular flexibility index (Phi) is 5.60. The number of carboxylic acid groups (broad SMARTS) is 1. The number of likely N-dealkylation sites (tertiary alicyclic amines) is 1. The van der Waals surface area contributed by atoms with Gasteiger partial charge in [-0.25, -0.2) is 4.79 Å². The number of carboxylic acids is 1. The van der Waals surface area contributed by atoms with Crippen LogP contribution in [-0.2, 0) is 15.0 Å². The van der Waals surface area contributed by atoms with Crippen molar-refractivity contribution in [3.8, 4) is 0 Å². The Bertz CT molecular complexity index is 598. The van der Waals surface area contributed by atoms with Crippen LogP contribution in [0.4, 0.5) is 0 Å². The third-order valence-corrected chi connectivity index (χ3v) is 5.42. The molecule has 1 heterocycles. The predicted molar refractivity (Wildman–Crippen MR) is 94.3 cm³/mol. The van der Waals surface area contributed by atoms with Gasteiger partial charge in [0, 0.05) is 30.8 Å². The van der Waals surface area contributed by atoms with Gasteiger partial charge in [0.15, 0.2) is 5.60 Å². The van der Waals surface area contributed by atoms with Crippen molar-refractivity contribution in [1.82, 2.24) is 4.90 Å². The van der Waals surface area contributed by atoms with Crippen LogP contribution >= 0.6 is 11.8 Å². The van der Waals surface area contributed by atoms with Crippen LogP contribution in [0.1, 0.15) is 39.2 Å². The molecule has 6 heteroatoms. The van der Waals surface area contributed by atoms with Crippen LogP contribution in [0.15, 0.2) is 29.2 Å². The number of nitrogens with zero attached hydrogens (tertiary/aromatic N) is 1. The summed E-state index contributed by atoms with van der Waals surface area (Å²) in [7, 11) is 0. The molecule has 0 unspecified atom stereocenters. The minimum atomic E-state index is -1.69. The van der Waals surface area contributed by atoms with Crippen LogP contribution in [-0.4, -0.2) is 51.4 Å². The molecule has 1 aromatic carbocycles. The summed E-state index contributed by atoms with van der Waals surface area (Å²) in [6.07, 6.45) is 0.165. The topological polar surface area (TPSA) is 77.8 Å². The number of rotatable bonds is 4. The van der Waals surface area contributed by atoms with Gasteiger partial charge in [-0.1, -0.05) is 32.9 Å². The fourth-order valence-electron chi connectivity index (χ4n) is 2.63. The first-order chi connectivity index (χ1) is 11.1. The molecule has 1 saturated heterocycles. The molecule has 2 N–H and O–H groups in total. The molecule has 24 heavy (non-hydrogen) atoms. The van der Waals surface area contributed by atoms with Gasteiger partial charge in [-0.05, 0) is 23.1 Å². The van der Waals surface area contributed by atoms with Crippen molar-refractivity contribution in [3.63, 3.8) is 0 Å². The number of hydrogen-bond donors (Lipinski definition) is 2. The molecule has 132 valence electrons. The number of carbonyl (C=O) groups excluding carboxylic acids is 1. The number of aliphatic carboxylic acids is 1. The Morgan fingerprint density at radius 3 is 2.17 bits per heavy atom. The monoisotopic (exact) mass is 351 g/mol. The summed E-state index contributed by atoms with van der Waals surface area (Å²) in [5, 5.41) is 18.9. The van der Waals surface area contributed by atoms with Crippen molar-refractivity contribution < 1.29 is 19.8 Å². The van der Waals surface area contributed by atoms with Gasteiger partial charge in [0.1, 0.15) is 0 Å². The van der Waals surface area contributed by atoms with Gasteiger partial charge in [-0.3, -0.25) is 4.79 Å². The number of piperidine rings is 1. The Hall–Kier alpha value is -1.53. The van der Waals surface area contributed by atoms with Crippen LogP contribution < -0.4 is 0 Å². The van der Waals surface area contributed by atoms with Gasteiger partial charge in [-0.15, -0.1) is 11.8 Å². The highest BCUT2D eigenvalue weighted by atomic mass is 32.2. The largest absolute Gasteiger partial charge is 0.479 e. The van der Waals surface area contributed by atoms with Crippen LogP contribution in [0.2, 0.25) is 0 Å². The number of hydrogen-bond acceptors (Lipinski definition) is 4. The summed E-state index contributed by atoms with van der Waals surface area (Å²) in [6, 6.07) is 8.22. The molecule has 1 aliphatic heterocycles. The fraction of sp³-hybridized carbons (Fsp3) is 0.556. The lowest BCUT2D eigenvalue weighted by molar-refractivity contribution is -0.165. The highest BCUT2D eigenvalue weighted by Gasteiger charge is 2.40. The molecular weight excluding hydrogens is 326 g/mol. The van der Waals surface area contributed by atoms with E-state index in [1.165, 1.54) is 17.3 Å². The molecule has 1 amide bonds. The van der Waals surface area contributed by atoms with Crippen molar-refractivity contribution in [3.05, 3.63) is 29.8 Å². The van der Waals surface area contributed by atoms with E-state index in [1.807, 2.05) is 12.1 Å². The van der Waals surface area contributed by atoms with E-state index in [0.717, 1.165) is 4.90 Å². The van der Waals surface area contributed by atoms with E-state index in [-0.39, 0.29) is 37.3 Å². The maximum absolute atomic E-state index is 12.3. The van der Waals surface area contributed by atoms with Gasteiger partial charge >= 0.3 is 5.97 Å². The van der Waals surface area contributed by atoms with Gasteiger partial charge < -0.3 is 15.1 Å². The molecule has 1 aromatic rings. The summed E-state index contributed by atoms with van der Waals surface area (Å²) in [5.74, 6) is -0.907. The molecule has 0 spiro atoms. The van der Waals surface area contributed by atoms with E-state index in [4.69, 9.17) is 5.11 Å². The fourth-order valence-corrected chi connectivity index (χ4v) is 3.43. The second kappa shape index (κ2) is 7.15. The Labute approximate surface area is 147 Å². The lowest BCUT2D eigenvalue weighted by atomic mass is 9.87. The van der Waals surface area contributed by atoms with Gasteiger partial charge in [-0.2, -0.15) is 0 Å². The summed E-state index contributed by atoms with van der Waals surface area (Å²) < 4.78 is 0. The maximum atomic E-state index is 12.3. The normalized spacial score (nSPS) is 17.6. The van der Waals surface area contributed by atoms with Crippen molar-refractivity contribution in [2.24, 2.45) is 0 Å². The van der Waals surface area contributed by atoms with Crippen molar-refractivity contribution >= 4 is 23.6 Å². The zero-order chi connectivity index (χ0) is 18.0. The lowest BCUT2D eigenvalue weighted by Gasteiger charge is -2.35. The number of carbonyl (C=O) groups is 2. The molecule has 0 aliphatic carbocycles.